The van der Waals surface area contributed by atoms with Gasteiger partial charge in [0.25, 0.3) is 0 Å². The summed E-state index contributed by atoms with van der Waals surface area (Å²) in [5.41, 5.74) is 7.57. The smallest absolute Gasteiger partial charge is 0.127 e. The van der Waals surface area contributed by atoms with Gasteiger partial charge in [-0.2, -0.15) is 0 Å². The van der Waals surface area contributed by atoms with E-state index in [1.165, 1.54) is 38.4 Å². The molecule has 32 heavy (non-hydrogen) atoms. The SMILES string of the molecule is Cc1cc(P(c2ccccc2)c2cccc3c2Cc2ccccc2-3)c(O)c(C(C)(C)C)c1. The fourth-order valence-corrected chi connectivity index (χ4v) is 7.49. The first-order valence-electron chi connectivity index (χ1n) is 11.2. The molecule has 0 fully saturated rings. The molecule has 2 heteroatoms. The van der Waals surface area contributed by atoms with Crippen LogP contribution < -0.4 is 15.9 Å². The fraction of sp³-hybridized carbons (Fsp3) is 0.200. The van der Waals surface area contributed by atoms with E-state index in [-0.39, 0.29) is 5.41 Å². The van der Waals surface area contributed by atoms with Crippen LogP contribution in [0.15, 0.2) is 84.9 Å². The van der Waals surface area contributed by atoms with E-state index in [9.17, 15) is 5.11 Å². The fourth-order valence-electron chi connectivity index (χ4n) is 4.84. The molecular formula is C30H29OP. The highest BCUT2D eigenvalue weighted by molar-refractivity contribution is 7.80. The first-order valence-corrected chi connectivity index (χ1v) is 12.6. The summed E-state index contributed by atoms with van der Waals surface area (Å²) in [6, 6.07) is 30.5. The topological polar surface area (TPSA) is 20.2 Å². The number of hydrogen-bond acceptors (Lipinski definition) is 1. The van der Waals surface area contributed by atoms with E-state index < -0.39 is 7.92 Å². The van der Waals surface area contributed by atoms with Crippen LogP contribution in [0.25, 0.3) is 11.1 Å². The maximum Gasteiger partial charge on any atom is 0.127 e. The van der Waals surface area contributed by atoms with Gasteiger partial charge in [0.15, 0.2) is 0 Å². The molecule has 0 heterocycles. The highest BCUT2D eigenvalue weighted by Crippen LogP contribution is 2.45. The maximum atomic E-state index is 11.6. The van der Waals surface area contributed by atoms with Crippen LogP contribution in [0.4, 0.5) is 0 Å². The summed E-state index contributed by atoms with van der Waals surface area (Å²) in [5, 5.41) is 15.3. The zero-order chi connectivity index (χ0) is 22.5. The first-order chi connectivity index (χ1) is 15.3. The molecule has 0 aliphatic heterocycles. The van der Waals surface area contributed by atoms with Crippen molar-refractivity contribution in [1.29, 1.82) is 0 Å². The van der Waals surface area contributed by atoms with Gasteiger partial charge in [0.1, 0.15) is 5.75 Å². The lowest BCUT2D eigenvalue weighted by Gasteiger charge is -2.28. The van der Waals surface area contributed by atoms with Crippen LogP contribution in [-0.4, -0.2) is 5.11 Å². The Morgan fingerprint density at radius 1 is 0.750 bits per heavy atom. The van der Waals surface area contributed by atoms with Crippen molar-refractivity contribution in [2.24, 2.45) is 0 Å². The molecule has 1 aliphatic rings. The van der Waals surface area contributed by atoms with Gasteiger partial charge in [-0.25, -0.2) is 0 Å². The number of phenolic OH excluding ortho intramolecular Hbond substituents is 1. The summed E-state index contributed by atoms with van der Waals surface area (Å²) in [4.78, 5) is 0. The molecule has 5 rings (SSSR count). The molecule has 0 saturated carbocycles. The number of aromatic hydroxyl groups is 1. The summed E-state index contributed by atoms with van der Waals surface area (Å²) in [6.45, 7) is 8.66. The van der Waals surface area contributed by atoms with Crippen LogP contribution in [0, 0.1) is 6.92 Å². The van der Waals surface area contributed by atoms with Crippen molar-refractivity contribution in [2.45, 2.75) is 39.5 Å². The van der Waals surface area contributed by atoms with E-state index in [1.54, 1.807) is 0 Å². The molecule has 1 unspecified atom stereocenters. The molecule has 1 aliphatic carbocycles. The summed E-state index contributed by atoms with van der Waals surface area (Å²) in [6.07, 6.45) is 0.950. The Morgan fingerprint density at radius 2 is 1.44 bits per heavy atom. The second-order valence-corrected chi connectivity index (χ2v) is 11.9. The maximum absolute atomic E-state index is 11.6. The van der Waals surface area contributed by atoms with Crippen molar-refractivity contribution in [2.75, 3.05) is 0 Å². The molecule has 4 aromatic rings. The van der Waals surface area contributed by atoms with E-state index in [4.69, 9.17) is 0 Å². The molecule has 0 spiro atoms. The molecule has 0 amide bonds. The minimum Gasteiger partial charge on any atom is -0.507 e. The van der Waals surface area contributed by atoms with E-state index >= 15 is 0 Å². The largest absolute Gasteiger partial charge is 0.507 e. The van der Waals surface area contributed by atoms with E-state index in [0.717, 1.165) is 17.3 Å². The Hall–Kier alpha value is -2.89. The highest BCUT2D eigenvalue weighted by atomic mass is 31.1. The normalized spacial score (nSPS) is 13.5. The van der Waals surface area contributed by atoms with Gasteiger partial charge in [-0.15, -0.1) is 0 Å². The summed E-state index contributed by atoms with van der Waals surface area (Å²) < 4.78 is 0. The number of hydrogen-bond donors (Lipinski definition) is 1. The number of fused-ring (bicyclic) bond motifs is 3. The minimum absolute atomic E-state index is 0.128. The van der Waals surface area contributed by atoms with Gasteiger partial charge in [-0.05, 0) is 71.2 Å². The molecule has 1 atom stereocenters. The van der Waals surface area contributed by atoms with Crippen LogP contribution in [0.5, 0.6) is 5.75 Å². The monoisotopic (exact) mass is 436 g/mol. The summed E-state index contributed by atoms with van der Waals surface area (Å²) >= 11 is 0. The molecular weight excluding hydrogens is 407 g/mol. The van der Waals surface area contributed by atoms with Crippen LogP contribution in [0.3, 0.4) is 0 Å². The third-order valence-corrected chi connectivity index (χ3v) is 8.90. The summed E-state index contributed by atoms with van der Waals surface area (Å²) in [5.74, 6) is 0.450. The molecule has 0 radical (unpaired) electrons. The second kappa shape index (κ2) is 7.91. The minimum atomic E-state index is -0.902. The van der Waals surface area contributed by atoms with Gasteiger partial charge in [0.2, 0.25) is 0 Å². The van der Waals surface area contributed by atoms with Gasteiger partial charge < -0.3 is 5.11 Å². The zero-order valence-electron chi connectivity index (χ0n) is 19.2. The van der Waals surface area contributed by atoms with E-state index in [2.05, 4.69) is 113 Å². The van der Waals surface area contributed by atoms with Crippen LogP contribution in [-0.2, 0) is 11.8 Å². The average Bonchev–Trinajstić information content (AvgIpc) is 3.16. The van der Waals surface area contributed by atoms with Gasteiger partial charge >= 0.3 is 0 Å². The van der Waals surface area contributed by atoms with Crippen LogP contribution >= 0.6 is 7.92 Å². The standard InChI is InChI=1S/C30H29OP/c1-20-17-26(30(2,3)4)29(31)28(18-20)32(22-12-6-5-7-13-22)27-16-10-15-24-23-14-9-8-11-21(23)19-25(24)27/h5-18,31H,19H2,1-4H3. The summed E-state index contributed by atoms with van der Waals surface area (Å²) in [7, 11) is -0.902. The number of benzene rings is 4. The lowest BCUT2D eigenvalue weighted by Crippen LogP contribution is -2.25. The predicted molar refractivity (Wildman–Crippen MR) is 138 cm³/mol. The lowest BCUT2D eigenvalue weighted by molar-refractivity contribution is 0.450. The van der Waals surface area contributed by atoms with Crippen molar-refractivity contribution < 1.29 is 5.11 Å². The Bertz CT molecular complexity index is 1300. The van der Waals surface area contributed by atoms with Crippen molar-refractivity contribution in [3.8, 4) is 16.9 Å². The highest BCUT2D eigenvalue weighted by Gasteiger charge is 2.30. The average molecular weight is 437 g/mol. The molecule has 0 bridgehead atoms. The molecule has 0 aromatic heterocycles. The van der Waals surface area contributed by atoms with Crippen molar-refractivity contribution in [3.05, 3.63) is 107 Å². The van der Waals surface area contributed by atoms with Gasteiger partial charge in [-0.3, -0.25) is 0 Å². The molecule has 4 aromatic carbocycles. The predicted octanol–water partition coefficient (Wildman–Crippen LogP) is 6.33. The lowest BCUT2D eigenvalue weighted by atomic mass is 9.85. The van der Waals surface area contributed by atoms with E-state index in [1.807, 2.05) is 0 Å². The van der Waals surface area contributed by atoms with Crippen LogP contribution in [0.1, 0.15) is 43.0 Å². The van der Waals surface area contributed by atoms with Gasteiger partial charge in [-0.1, -0.05) is 99.6 Å². The van der Waals surface area contributed by atoms with E-state index in [0.29, 0.717) is 5.75 Å². The molecule has 0 saturated heterocycles. The second-order valence-electron chi connectivity index (χ2n) is 9.74. The van der Waals surface area contributed by atoms with Gasteiger partial charge in [0, 0.05) is 10.9 Å². The quantitative estimate of drug-likeness (QED) is 0.328. The molecule has 1 nitrogen and oxygen atoms in total. The molecule has 1 N–H and O–H groups in total. The third kappa shape index (κ3) is 3.55. The first kappa shape index (κ1) is 21.0. The number of aryl methyl sites for hydroxylation is 1. The van der Waals surface area contributed by atoms with Crippen molar-refractivity contribution in [3.63, 3.8) is 0 Å². The Labute approximate surface area is 192 Å². The third-order valence-electron chi connectivity index (χ3n) is 6.36. The van der Waals surface area contributed by atoms with Crippen LogP contribution in [0.2, 0.25) is 0 Å². The Balaban J connectivity index is 1.78. The van der Waals surface area contributed by atoms with Crippen molar-refractivity contribution >= 4 is 23.8 Å². The number of phenols is 1. The van der Waals surface area contributed by atoms with Crippen molar-refractivity contribution in [1.82, 2.24) is 0 Å². The number of rotatable bonds is 3. The Kier molecular flexibility index (Phi) is 5.19. The Morgan fingerprint density at radius 3 is 2.19 bits per heavy atom. The zero-order valence-corrected chi connectivity index (χ0v) is 20.1. The molecule has 160 valence electrons. The van der Waals surface area contributed by atoms with Gasteiger partial charge in [0.05, 0.1) is 0 Å².